The Balaban J connectivity index is 0.000000172. The second-order valence-electron chi connectivity index (χ2n) is 3.12. The Bertz CT molecular complexity index is 36.0. The molecule has 0 bridgehead atoms. The molecule has 0 unspecified atom stereocenters. The van der Waals surface area contributed by atoms with Gasteiger partial charge in [-0.15, -0.1) is 0 Å². The molecular weight excluding hydrogens is 120 g/mol. The van der Waals surface area contributed by atoms with E-state index in [0.717, 1.165) is 0 Å². The Kier molecular flexibility index (Phi) is 9.00. The molecule has 1 aliphatic carbocycles. The minimum absolute atomic E-state index is 1.36. The minimum atomic E-state index is 1.36. The van der Waals surface area contributed by atoms with Gasteiger partial charge in [-0.1, -0.05) is 65.2 Å². The maximum absolute atomic E-state index is 2.23. The second-order valence-corrected chi connectivity index (χ2v) is 3.12. The monoisotopic (exact) mass is 142 g/mol. The molecule has 62 valence electrons. The summed E-state index contributed by atoms with van der Waals surface area (Å²) < 4.78 is 0. The summed E-state index contributed by atoms with van der Waals surface area (Å²) in [6.07, 6.45) is 11.5. The van der Waals surface area contributed by atoms with Gasteiger partial charge in [0.05, 0.1) is 0 Å². The van der Waals surface area contributed by atoms with Crippen LogP contribution in [0.15, 0.2) is 0 Å². The first-order chi connectivity index (χ1) is 4.91. The van der Waals surface area contributed by atoms with Gasteiger partial charge in [0.2, 0.25) is 0 Å². The van der Waals surface area contributed by atoms with Gasteiger partial charge in [0.15, 0.2) is 0 Å². The predicted octanol–water partition coefficient (Wildman–Crippen LogP) is 4.15. The standard InChI is InChI=1S/C6H14.C4H8/c1-3-5-6-4-2;1-2-4-3-1/h3-6H2,1-2H3;1-4H2. The van der Waals surface area contributed by atoms with Crippen LogP contribution < -0.4 is 0 Å². The lowest BCUT2D eigenvalue weighted by Gasteiger charge is -2.05. The Labute approximate surface area is 66.0 Å². The maximum Gasteiger partial charge on any atom is -0.0533 e. The lowest BCUT2D eigenvalue weighted by molar-refractivity contribution is 0.504. The normalized spacial score (nSPS) is 15.0. The van der Waals surface area contributed by atoms with E-state index in [2.05, 4.69) is 13.8 Å². The van der Waals surface area contributed by atoms with Crippen molar-refractivity contribution < 1.29 is 0 Å². The molecule has 0 amide bonds. The molecule has 1 aliphatic rings. The topological polar surface area (TPSA) is 0 Å². The van der Waals surface area contributed by atoms with E-state index >= 15 is 0 Å². The number of hydrogen-bond donors (Lipinski definition) is 0. The van der Waals surface area contributed by atoms with Crippen LogP contribution in [0.2, 0.25) is 0 Å². The van der Waals surface area contributed by atoms with Crippen molar-refractivity contribution in [3.63, 3.8) is 0 Å². The first-order valence-corrected chi connectivity index (χ1v) is 4.91. The fraction of sp³-hybridized carbons (Fsp3) is 1.00. The molecule has 10 heavy (non-hydrogen) atoms. The lowest BCUT2D eigenvalue weighted by Crippen LogP contribution is -1.85. The van der Waals surface area contributed by atoms with Gasteiger partial charge >= 0.3 is 0 Å². The summed E-state index contributed by atoms with van der Waals surface area (Å²) in [5.74, 6) is 0. The van der Waals surface area contributed by atoms with E-state index < -0.39 is 0 Å². The van der Waals surface area contributed by atoms with Gasteiger partial charge in [-0.05, 0) is 0 Å². The Morgan fingerprint density at radius 3 is 1.10 bits per heavy atom. The van der Waals surface area contributed by atoms with Gasteiger partial charge in [0.1, 0.15) is 0 Å². The van der Waals surface area contributed by atoms with Crippen LogP contribution >= 0.6 is 0 Å². The SMILES string of the molecule is C1CCC1.CCCCCC. The van der Waals surface area contributed by atoms with E-state index in [-0.39, 0.29) is 0 Å². The van der Waals surface area contributed by atoms with Crippen molar-refractivity contribution in [2.75, 3.05) is 0 Å². The molecule has 0 heteroatoms. The quantitative estimate of drug-likeness (QED) is 0.519. The first kappa shape index (κ1) is 10.0. The van der Waals surface area contributed by atoms with E-state index in [1.807, 2.05) is 0 Å². The third kappa shape index (κ3) is 8.00. The molecule has 1 rings (SSSR count). The van der Waals surface area contributed by atoms with Crippen LogP contribution in [-0.4, -0.2) is 0 Å². The molecule has 0 heterocycles. The molecular formula is C10H22. The largest absolute Gasteiger partial charge is 0.0654 e. The summed E-state index contributed by atoms with van der Waals surface area (Å²) in [7, 11) is 0. The van der Waals surface area contributed by atoms with Crippen molar-refractivity contribution >= 4 is 0 Å². The van der Waals surface area contributed by atoms with Crippen LogP contribution in [0.5, 0.6) is 0 Å². The van der Waals surface area contributed by atoms with E-state index in [0.29, 0.717) is 0 Å². The van der Waals surface area contributed by atoms with Gasteiger partial charge < -0.3 is 0 Å². The molecule has 1 saturated carbocycles. The van der Waals surface area contributed by atoms with E-state index in [1.165, 1.54) is 51.4 Å². The lowest BCUT2D eigenvalue weighted by atomic mass is 10.0. The molecule has 0 radical (unpaired) electrons. The van der Waals surface area contributed by atoms with Gasteiger partial charge in [-0.2, -0.15) is 0 Å². The van der Waals surface area contributed by atoms with Crippen LogP contribution in [0, 0.1) is 0 Å². The zero-order chi connectivity index (χ0) is 7.66. The molecule has 0 saturated heterocycles. The first-order valence-electron chi connectivity index (χ1n) is 4.91. The highest BCUT2D eigenvalue weighted by Crippen LogP contribution is 2.15. The Hall–Kier alpha value is 0. The summed E-state index contributed by atoms with van der Waals surface area (Å²) >= 11 is 0. The van der Waals surface area contributed by atoms with Crippen LogP contribution in [0.3, 0.4) is 0 Å². The average molecular weight is 142 g/mol. The highest BCUT2D eigenvalue weighted by atomic mass is 14.0. The number of unbranched alkanes of at least 4 members (excludes halogenated alkanes) is 3. The summed E-state index contributed by atoms with van der Waals surface area (Å²) in [6.45, 7) is 4.46. The molecule has 0 aromatic heterocycles. The third-order valence-corrected chi connectivity index (χ3v) is 1.96. The fourth-order valence-corrected chi connectivity index (χ4v) is 0.750. The van der Waals surface area contributed by atoms with Crippen molar-refractivity contribution in [2.45, 2.75) is 65.2 Å². The maximum atomic E-state index is 2.23. The van der Waals surface area contributed by atoms with Crippen LogP contribution in [0.1, 0.15) is 65.2 Å². The zero-order valence-corrected chi connectivity index (χ0v) is 7.66. The summed E-state index contributed by atoms with van der Waals surface area (Å²) in [6, 6.07) is 0. The number of hydrogen-bond acceptors (Lipinski definition) is 0. The van der Waals surface area contributed by atoms with Crippen LogP contribution in [0.4, 0.5) is 0 Å². The molecule has 0 aromatic rings. The molecule has 1 fully saturated rings. The second kappa shape index (κ2) is 9.00. The van der Waals surface area contributed by atoms with E-state index in [9.17, 15) is 0 Å². The summed E-state index contributed by atoms with van der Waals surface area (Å²) in [4.78, 5) is 0. The van der Waals surface area contributed by atoms with Crippen molar-refractivity contribution in [1.29, 1.82) is 0 Å². The van der Waals surface area contributed by atoms with Crippen molar-refractivity contribution in [1.82, 2.24) is 0 Å². The Morgan fingerprint density at radius 1 is 0.700 bits per heavy atom. The highest BCUT2D eigenvalue weighted by Gasteiger charge is 1.95. The predicted molar refractivity (Wildman–Crippen MR) is 48.3 cm³/mol. The molecule has 0 aromatic carbocycles. The summed E-state index contributed by atoms with van der Waals surface area (Å²) in [5.41, 5.74) is 0. The molecule has 0 atom stereocenters. The highest BCUT2D eigenvalue weighted by molar-refractivity contribution is 4.50. The molecule has 0 nitrogen and oxygen atoms in total. The van der Waals surface area contributed by atoms with E-state index in [4.69, 9.17) is 0 Å². The van der Waals surface area contributed by atoms with Gasteiger partial charge in [0.25, 0.3) is 0 Å². The zero-order valence-electron chi connectivity index (χ0n) is 7.66. The molecule has 0 N–H and O–H groups in total. The Morgan fingerprint density at radius 2 is 1.00 bits per heavy atom. The van der Waals surface area contributed by atoms with Crippen LogP contribution in [0.25, 0.3) is 0 Å². The van der Waals surface area contributed by atoms with Gasteiger partial charge in [-0.3, -0.25) is 0 Å². The number of rotatable bonds is 3. The average Bonchev–Trinajstić information content (AvgIpc) is 1.79. The minimum Gasteiger partial charge on any atom is -0.0654 e. The smallest absolute Gasteiger partial charge is 0.0533 e. The van der Waals surface area contributed by atoms with Crippen molar-refractivity contribution in [3.8, 4) is 0 Å². The summed E-state index contributed by atoms with van der Waals surface area (Å²) in [5, 5.41) is 0. The van der Waals surface area contributed by atoms with Crippen molar-refractivity contribution in [3.05, 3.63) is 0 Å². The van der Waals surface area contributed by atoms with E-state index in [1.54, 1.807) is 0 Å². The van der Waals surface area contributed by atoms with Crippen molar-refractivity contribution in [2.24, 2.45) is 0 Å². The van der Waals surface area contributed by atoms with Gasteiger partial charge in [-0.25, -0.2) is 0 Å². The third-order valence-electron chi connectivity index (χ3n) is 1.96. The fourth-order valence-electron chi connectivity index (χ4n) is 0.750. The molecule has 0 aliphatic heterocycles. The van der Waals surface area contributed by atoms with Crippen LogP contribution in [-0.2, 0) is 0 Å². The van der Waals surface area contributed by atoms with Gasteiger partial charge in [0, 0.05) is 0 Å². The molecule has 0 spiro atoms.